The van der Waals surface area contributed by atoms with Gasteiger partial charge in [0.25, 0.3) is 0 Å². The fourth-order valence-electron chi connectivity index (χ4n) is 15.9. The van der Waals surface area contributed by atoms with E-state index in [0.29, 0.717) is 47.6 Å². The maximum absolute atomic E-state index is 15.2. The van der Waals surface area contributed by atoms with Crippen LogP contribution in [0.1, 0.15) is 138 Å². The number of nitrogens with two attached hydrogens (primary N) is 1. The van der Waals surface area contributed by atoms with E-state index in [9.17, 15) is 4.79 Å². The topological polar surface area (TPSA) is 85.1 Å². The second kappa shape index (κ2) is 13.1. The van der Waals surface area contributed by atoms with Gasteiger partial charge in [0.1, 0.15) is 11.2 Å². The average molecular weight is 760 g/mol. The van der Waals surface area contributed by atoms with Gasteiger partial charge in [0.05, 0.1) is 11.0 Å². The minimum Gasteiger partial charge on any atom is -0.449 e. The summed E-state index contributed by atoms with van der Waals surface area (Å²) in [5.41, 5.74) is 9.75. The number of rotatable bonds is 6. The molecule has 56 heavy (non-hydrogen) atoms. The summed E-state index contributed by atoms with van der Waals surface area (Å²) >= 11 is 0. The van der Waals surface area contributed by atoms with Crippen molar-refractivity contribution in [1.29, 1.82) is 0 Å². The Morgan fingerprint density at radius 1 is 0.964 bits per heavy atom. The van der Waals surface area contributed by atoms with Gasteiger partial charge in [0.15, 0.2) is 5.60 Å². The van der Waals surface area contributed by atoms with Crippen LogP contribution in [0.15, 0.2) is 53.5 Å². The molecule has 0 amide bonds. The van der Waals surface area contributed by atoms with Gasteiger partial charge in [-0.2, -0.15) is 0 Å². The van der Waals surface area contributed by atoms with Gasteiger partial charge in [0, 0.05) is 55.3 Å². The van der Waals surface area contributed by atoms with Crippen LogP contribution < -0.4 is 5.73 Å². The van der Waals surface area contributed by atoms with E-state index in [-0.39, 0.29) is 17.9 Å². The first-order valence-electron chi connectivity index (χ1n) is 23.1. The maximum atomic E-state index is 15.2. The van der Waals surface area contributed by atoms with Crippen LogP contribution in [0.5, 0.6) is 0 Å². The van der Waals surface area contributed by atoms with Gasteiger partial charge in [-0.1, -0.05) is 69.0 Å². The van der Waals surface area contributed by atoms with Crippen LogP contribution >= 0.6 is 0 Å². The second-order valence-electron chi connectivity index (χ2n) is 20.7. The first-order chi connectivity index (χ1) is 27.3. The lowest BCUT2D eigenvalue weighted by Gasteiger charge is -2.69. The van der Waals surface area contributed by atoms with E-state index in [2.05, 4.69) is 60.1 Å². The molecule has 300 valence electrons. The van der Waals surface area contributed by atoms with Crippen molar-refractivity contribution in [2.24, 2.45) is 57.5 Å². The SMILES string of the molecule is CCC[C@@H]1[C@@]2(OC(=O)c3c(CCCN)cccc32)[C@@]23CCC4=C[C@@]12C(=O)O/C3=C\C[C@@H]([C@@H]1CCC2(CCCC2)C1)N1C[C@@H]2C[C@@H](CN(C2)C2=CC[C@H](C)C[C@@H]42)C1. The summed E-state index contributed by atoms with van der Waals surface area (Å²) < 4.78 is 13.9. The Hall–Kier alpha value is -2.90. The Balaban J connectivity index is 1.11. The van der Waals surface area contributed by atoms with Gasteiger partial charge >= 0.3 is 11.9 Å². The van der Waals surface area contributed by atoms with Crippen LogP contribution in [-0.2, 0) is 26.3 Å². The summed E-state index contributed by atoms with van der Waals surface area (Å²) in [5, 5.41) is 0. The number of allylic oxidation sites excluding steroid dienone is 2. The van der Waals surface area contributed by atoms with Crippen LogP contribution in [-0.4, -0.2) is 60.5 Å². The molecule has 0 aromatic heterocycles. The van der Waals surface area contributed by atoms with Crippen molar-refractivity contribution in [3.8, 4) is 0 Å². The highest BCUT2D eigenvalue weighted by Gasteiger charge is 2.91. The number of ether oxygens (including phenoxy) is 2. The van der Waals surface area contributed by atoms with E-state index < -0.39 is 16.4 Å². The molecule has 3 saturated carbocycles. The van der Waals surface area contributed by atoms with Gasteiger partial charge in [-0.25, -0.2) is 4.79 Å². The summed E-state index contributed by atoms with van der Waals surface area (Å²) in [5.74, 6) is 3.29. The summed E-state index contributed by atoms with van der Waals surface area (Å²) in [7, 11) is 0. The molecule has 2 N–H and O–H groups in total. The second-order valence-corrected chi connectivity index (χ2v) is 20.7. The molecule has 7 nitrogen and oxygen atoms in total. The molecule has 1 unspecified atom stereocenters. The van der Waals surface area contributed by atoms with Gasteiger partial charge in [-0.3, -0.25) is 9.69 Å². The fraction of sp³-hybridized carbons (Fsp3) is 0.714. The Kier molecular flexibility index (Phi) is 8.44. The largest absolute Gasteiger partial charge is 0.449 e. The molecule has 3 saturated heterocycles. The quantitative estimate of drug-likeness (QED) is 0.229. The maximum Gasteiger partial charge on any atom is 0.339 e. The summed E-state index contributed by atoms with van der Waals surface area (Å²) in [6, 6.07) is 6.82. The van der Waals surface area contributed by atoms with Crippen molar-refractivity contribution >= 4 is 11.9 Å². The molecule has 8 bridgehead atoms. The highest BCUT2D eigenvalue weighted by molar-refractivity contribution is 5.99. The zero-order valence-corrected chi connectivity index (χ0v) is 34.2. The number of fused-ring (bicyclic) bond motifs is 2. The van der Waals surface area contributed by atoms with Gasteiger partial charge < -0.3 is 20.1 Å². The number of aryl methyl sites for hydroxylation is 1. The van der Waals surface area contributed by atoms with Crippen molar-refractivity contribution in [1.82, 2.24) is 9.80 Å². The highest BCUT2D eigenvalue weighted by Crippen LogP contribution is 2.84. The van der Waals surface area contributed by atoms with E-state index in [1.807, 2.05) is 0 Å². The molecule has 1 aromatic rings. The normalized spacial score (nSPS) is 43.6. The van der Waals surface area contributed by atoms with Gasteiger partial charge in [-0.05, 0) is 137 Å². The minimum absolute atomic E-state index is 0.0975. The summed E-state index contributed by atoms with van der Waals surface area (Å²) in [4.78, 5) is 35.4. The van der Waals surface area contributed by atoms with E-state index in [1.54, 1.807) is 0 Å². The minimum atomic E-state index is -0.932. The van der Waals surface area contributed by atoms with Crippen molar-refractivity contribution < 1.29 is 19.1 Å². The predicted octanol–water partition coefficient (Wildman–Crippen LogP) is 8.82. The van der Waals surface area contributed by atoms with Gasteiger partial charge in [-0.15, -0.1) is 0 Å². The van der Waals surface area contributed by atoms with E-state index in [4.69, 9.17) is 15.2 Å². The zero-order valence-electron chi connectivity index (χ0n) is 34.2. The van der Waals surface area contributed by atoms with Crippen LogP contribution in [0.4, 0.5) is 0 Å². The third-order valence-electron chi connectivity index (χ3n) is 17.9. The Morgan fingerprint density at radius 3 is 2.57 bits per heavy atom. The first kappa shape index (κ1) is 36.2. The molecular formula is C49H65N3O4. The Labute approximate surface area is 334 Å². The molecule has 0 radical (unpaired) electrons. The first-order valence-corrected chi connectivity index (χ1v) is 23.1. The van der Waals surface area contributed by atoms with E-state index >= 15 is 4.79 Å². The Morgan fingerprint density at radius 2 is 1.79 bits per heavy atom. The lowest BCUT2D eigenvalue weighted by molar-refractivity contribution is -0.271. The third kappa shape index (κ3) is 4.76. The lowest BCUT2D eigenvalue weighted by atomic mass is 9.31. The third-order valence-corrected chi connectivity index (χ3v) is 17.9. The highest BCUT2D eigenvalue weighted by atomic mass is 16.6. The molecule has 7 heteroatoms. The average Bonchev–Trinajstić information content (AvgIpc) is 3.96. The molecule has 3 spiro atoms. The lowest BCUT2D eigenvalue weighted by Crippen LogP contribution is -2.75. The predicted molar refractivity (Wildman–Crippen MR) is 217 cm³/mol. The van der Waals surface area contributed by atoms with Crippen molar-refractivity contribution in [3.05, 3.63) is 70.1 Å². The standard InChI is InChI=1S/C49H65N3O4/c1-3-8-41-47-26-35-17-21-48(47,49(41)38-11-6-9-34(10-7-22-50)43(38)44(53)56-49)42(55-45(47)54)15-14-39(36-16-20-46(25-36)18-4-5-19-46)51-27-32-24-33(28-51)30-52(29-32)40-13-12-31(2)23-37(35)40/h6,9,11,13,15,26,31-33,36-37,39,41H,3-5,7-8,10,12,14,16-25,27-30,50H2,1-2H3/b42-15-/t31-,32-,33+,36+,37-,39-,41-,47-,48+,49+/m0/s1. The van der Waals surface area contributed by atoms with Crippen molar-refractivity contribution in [2.75, 3.05) is 32.7 Å². The smallest absolute Gasteiger partial charge is 0.339 e. The molecule has 5 aliphatic carbocycles. The van der Waals surface area contributed by atoms with E-state index in [1.165, 1.54) is 75.7 Å². The number of piperidine rings is 2. The fourth-order valence-corrected chi connectivity index (χ4v) is 15.9. The van der Waals surface area contributed by atoms with Crippen LogP contribution in [0.3, 0.4) is 0 Å². The monoisotopic (exact) mass is 759 g/mol. The zero-order chi connectivity index (χ0) is 38.0. The molecule has 11 atom stereocenters. The molecule has 6 fully saturated rings. The molecular weight excluding hydrogens is 695 g/mol. The number of carbonyl (C=O) groups excluding carboxylic acids is 2. The number of esters is 2. The number of benzene rings is 1. The van der Waals surface area contributed by atoms with Crippen molar-refractivity contribution in [3.63, 3.8) is 0 Å². The number of nitrogens with zero attached hydrogens (tertiary/aromatic N) is 2. The van der Waals surface area contributed by atoms with Crippen LogP contribution in [0, 0.1) is 51.8 Å². The summed E-state index contributed by atoms with van der Waals surface area (Å²) in [6.45, 7) is 9.89. The number of hydrogen-bond acceptors (Lipinski definition) is 7. The summed E-state index contributed by atoms with van der Waals surface area (Å²) in [6.07, 6.45) is 26.6. The number of carbonyl (C=O) groups is 2. The van der Waals surface area contributed by atoms with Crippen LogP contribution in [0.25, 0.3) is 0 Å². The molecule has 13 aliphatic rings. The van der Waals surface area contributed by atoms with Crippen LogP contribution in [0.2, 0.25) is 0 Å². The number of hydrogen-bond donors (Lipinski definition) is 1. The molecule has 8 heterocycles. The Bertz CT molecular complexity index is 1890. The molecule has 8 aliphatic heterocycles. The van der Waals surface area contributed by atoms with Gasteiger partial charge in [0.2, 0.25) is 0 Å². The molecule has 1 aromatic carbocycles. The van der Waals surface area contributed by atoms with E-state index in [0.717, 1.165) is 93.3 Å². The molecule has 14 rings (SSSR count). The van der Waals surface area contributed by atoms with Crippen molar-refractivity contribution in [2.45, 2.75) is 135 Å².